The zero-order valence-electron chi connectivity index (χ0n) is 13.4. The van der Waals surface area contributed by atoms with E-state index in [2.05, 4.69) is 17.0 Å². The van der Waals surface area contributed by atoms with Gasteiger partial charge in [0.15, 0.2) is 0 Å². The van der Waals surface area contributed by atoms with Crippen molar-refractivity contribution in [1.29, 1.82) is 0 Å². The Morgan fingerprint density at radius 1 is 1.33 bits per heavy atom. The van der Waals surface area contributed by atoms with Gasteiger partial charge in [0.2, 0.25) is 0 Å². The van der Waals surface area contributed by atoms with E-state index in [4.69, 9.17) is 9.47 Å². The van der Waals surface area contributed by atoms with E-state index in [1.165, 1.54) is 7.11 Å². The summed E-state index contributed by atoms with van der Waals surface area (Å²) in [5, 5.41) is 2.61. The first kappa shape index (κ1) is 17.8. The van der Waals surface area contributed by atoms with Gasteiger partial charge in [0.1, 0.15) is 6.04 Å². The van der Waals surface area contributed by atoms with Gasteiger partial charge in [0.05, 0.1) is 25.9 Å². The molecule has 1 unspecified atom stereocenters. The number of carbonyl (C=O) groups excluding carboxylic acids is 2. The lowest BCUT2D eigenvalue weighted by Gasteiger charge is -2.37. The van der Waals surface area contributed by atoms with Crippen LogP contribution in [0.1, 0.15) is 46.5 Å². The normalized spacial score (nSPS) is 26.8. The first-order valence-electron chi connectivity index (χ1n) is 7.68. The number of nitrogens with one attached hydrogen (secondary N) is 1. The summed E-state index contributed by atoms with van der Waals surface area (Å²) >= 11 is 0. The number of alkyl carbamates (subject to hydrolysis) is 1. The Morgan fingerprint density at radius 3 is 2.62 bits per heavy atom. The summed E-state index contributed by atoms with van der Waals surface area (Å²) < 4.78 is 15.6. The second kappa shape index (κ2) is 8.87. The van der Waals surface area contributed by atoms with Crippen LogP contribution in [0, 0.1) is 5.92 Å². The number of rotatable bonds is 6. The smallest absolute Gasteiger partial charge is 0.407 e. The molecule has 4 atom stereocenters. The van der Waals surface area contributed by atoms with Crippen LogP contribution < -0.4 is 5.32 Å². The Bertz CT molecular complexity index is 347. The van der Waals surface area contributed by atoms with Crippen LogP contribution in [0.5, 0.6) is 0 Å². The molecule has 1 N–H and O–H groups in total. The molecule has 0 spiro atoms. The molecular weight excluding hydrogens is 274 g/mol. The molecule has 0 aromatic rings. The fourth-order valence-corrected chi connectivity index (χ4v) is 2.87. The van der Waals surface area contributed by atoms with Crippen molar-refractivity contribution >= 4 is 12.1 Å². The Morgan fingerprint density at radius 2 is 2.05 bits per heavy atom. The molecule has 1 amide bonds. The highest BCUT2D eigenvalue weighted by Crippen LogP contribution is 2.30. The second-order valence-corrected chi connectivity index (χ2v) is 5.45. The molecule has 1 aliphatic rings. The van der Waals surface area contributed by atoms with Crippen molar-refractivity contribution in [3.8, 4) is 0 Å². The fraction of sp³-hybridized carbons (Fsp3) is 0.867. The molecule has 122 valence electrons. The van der Waals surface area contributed by atoms with E-state index in [-0.39, 0.29) is 24.7 Å². The Kier molecular flexibility index (Phi) is 7.50. The van der Waals surface area contributed by atoms with Gasteiger partial charge in [-0.1, -0.05) is 13.3 Å². The highest BCUT2D eigenvalue weighted by atomic mass is 16.5. The van der Waals surface area contributed by atoms with Gasteiger partial charge in [-0.25, -0.2) is 9.59 Å². The van der Waals surface area contributed by atoms with Gasteiger partial charge in [0, 0.05) is 0 Å². The number of hydrogen-bond acceptors (Lipinski definition) is 5. The quantitative estimate of drug-likeness (QED) is 0.762. The number of esters is 1. The number of ether oxygens (including phenoxy) is 3. The lowest BCUT2D eigenvalue weighted by molar-refractivity contribution is -0.150. The summed E-state index contributed by atoms with van der Waals surface area (Å²) in [7, 11) is 1.28. The van der Waals surface area contributed by atoms with Gasteiger partial charge in [-0.15, -0.1) is 0 Å². The zero-order chi connectivity index (χ0) is 15.8. The van der Waals surface area contributed by atoms with Crippen molar-refractivity contribution in [2.24, 2.45) is 5.92 Å². The molecular formula is C15H27NO5. The zero-order valence-corrected chi connectivity index (χ0v) is 13.4. The predicted molar refractivity (Wildman–Crippen MR) is 77.9 cm³/mol. The van der Waals surface area contributed by atoms with Gasteiger partial charge >= 0.3 is 12.1 Å². The molecule has 21 heavy (non-hydrogen) atoms. The van der Waals surface area contributed by atoms with Crippen molar-refractivity contribution in [1.82, 2.24) is 5.32 Å². The van der Waals surface area contributed by atoms with E-state index in [0.29, 0.717) is 6.42 Å². The summed E-state index contributed by atoms with van der Waals surface area (Å²) in [4.78, 5) is 23.6. The minimum absolute atomic E-state index is 0.00319. The van der Waals surface area contributed by atoms with Gasteiger partial charge in [0.25, 0.3) is 0 Å². The molecule has 6 heteroatoms. The van der Waals surface area contributed by atoms with Crippen LogP contribution in [0.25, 0.3) is 0 Å². The predicted octanol–water partition coefficient (Wildman–Crippen LogP) is 2.26. The second-order valence-electron chi connectivity index (χ2n) is 5.45. The molecule has 1 fully saturated rings. The standard InChI is InChI=1S/C15H27NO5/c1-5-7-12-9-11(8-10(3)21-12)13(14(17)20-6-2)16-15(18)19-4/h10-13H,5-9H2,1-4H3,(H,16,18)/t10-,11+,12?,13-/m0/s1. The van der Waals surface area contributed by atoms with Crippen molar-refractivity contribution in [3.63, 3.8) is 0 Å². The van der Waals surface area contributed by atoms with Crippen LogP contribution >= 0.6 is 0 Å². The largest absolute Gasteiger partial charge is 0.464 e. The third-order valence-corrected chi connectivity index (χ3v) is 3.71. The Hall–Kier alpha value is -1.30. The fourth-order valence-electron chi connectivity index (χ4n) is 2.87. The van der Waals surface area contributed by atoms with E-state index in [1.54, 1.807) is 6.92 Å². The van der Waals surface area contributed by atoms with Crippen LogP contribution in [0.4, 0.5) is 4.79 Å². The molecule has 1 rings (SSSR count). The molecule has 1 aliphatic heterocycles. The Balaban J connectivity index is 2.79. The van der Waals surface area contributed by atoms with Crippen LogP contribution in [0.2, 0.25) is 0 Å². The molecule has 0 bridgehead atoms. The van der Waals surface area contributed by atoms with Gasteiger partial charge in [-0.05, 0) is 39.0 Å². The van der Waals surface area contributed by atoms with Crippen LogP contribution in [-0.2, 0) is 19.0 Å². The van der Waals surface area contributed by atoms with Gasteiger partial charge in [-0.2, -0.15) is 0 Å². The lowest BCUT2D eigenvalue weighted by Crippen LogP contribution is -2.50. The van der Waals surface area contributed by atoms with Crippen LogP contribution in [-0.4, -0.2) is 44.0 Å². The highest BCUT2D eigenvalue weighted by Gasteiger charge is 2.37. The maximum atomic E-state index is 12.1. The maximum Gasteiger partial charge on any atom is 0.407 e. The molecule has 1 saturated heterocycles. The topological polar surface area (TPSA) is 73.9 Å². The summed E-state index contributed by atoms with van der Waals surface area (Å²) in [5.74, 6) is -0.402. The number of carbonyl (C=O) groups is 2. The molecule has 1 heterocycles. The Labute approximate surface area is 126 Å². The van der Waals surface area contributed by atoms with E-state index in [0.717, 1.165) is 19.3 Å². The summed E-state index contributed by atoms with van der Waals surface area (Å²) in [6.45, 7) is 6.14. The van der Waals surface area contributed by atoms with Crippen molar-refractivity contribution in [3.05, 3.63) is 0 Å². The minimum atomic E-state index is -0.678. The molecule has 6 nitrogen and oxygen atoms in total. The number of methoxy groups -OCH3 is 1. The van der Waals surface area contributed by atoms with E-state index >= 15 is 0 Å². The third kappa shape index (κ3) is 5.53. The van der Waals surface area contributed by atoms with E-state index in [9.17, 15) is 9.59 Å². The summed E-state index contributed by atoms with van der Waals surface area (Å²) in [6, 6.07) is -0.678. The van der Waals surface area contributed by atoms with Gasteiger partial charge in [-0.3, -0.25) is 0 Å². The first-order chi connectivity index (χ1) is 10.0. The molecule has 0 aromatic carbocycles. The van der Waals surface area contributed by atoms with Gasteiger partial charge < -0.3 is 19.5 Å². The SMILES string of the molecule is CCCC1C[C@H]([C@H](NC(=O)OC)C(=O)OCC)C[C@H](C)O1. The van der Waals surface area contributed by atoms with E-state index in [1.807, 2.05) is 6.92 Å². The summed E-state index contributed by atoms with van der Waals surface area (Å²) in [6.07, 6.45) is 3.02. The highest BCUT2D eigenvalue weighted by molar-refractivity contribution is 5.81. The monoisotopic (exact) mass is 301 g/mol. The number of amides is 1. The van der Waals surface area contributed by atoms with Crippen molar-refractivity contribution < 1.29 is 23.8 Å². The van der Waals surface area contributed by atoms with E-state index < -0.39 is 18.1 Å². The number of hydrogen-bond donors (Lipinski definition) is 1. The molecule has 0 radical (unpaired) electrons. The summed E-state index contributed by atoms with van der Waals surface area (Å²) in [5.41, 5.74) is 0. The first-order valence-corrected chi connectivity index (χ1v) is 7.68. The average molecular weight is 301 g/mol. The van der Waals surface area contributed by atoms with Crippen molar-refractivity contribution in [2.45, 2.75) is 64.7 Å². The molecule has 0 aliphatic carbocycles. The average Bonchev–Trinajstić information content (AvgIpc) is 2.44. The molecule has 0 aromatic heterocycles. The maximum absolute atomic E-state index is 12.1. The molecule has 0 saturated carbocycles. The minimum Gasteiger partial charge on any atom is -0.464 e. The van der Waals surface area contributed by atoms with Crippen LogP contribution in [0.15, 0.2) is 0 Å². The van der Waals surface area contributed by atoms with Crippen LogP contribution in [0.3, 0.4) is 0 Å². The third-order valence-electron chi connectivity index (χ3n) is 3.71. The lowest BCUT2D eigenvalue weighted by atomic mass is 9.84. The van der Waals surface area contributed by atoms with Crippen molar-refractivity contribution in [2.75, 3.05) is 13.7 Å².